The molecule has 0 fully saturated rings. The summed E-state index contributed by atoms with van der Waals surface area (Å²) in [5.41, 5.74) is 0.933. The number of hydrogen-bond donors (Lipinski definition) is 0. The van der Waals surface area contributed by atoms with Crippen LogP contribution in [0.25, 0.3) is 10.0 Å². The van der Waals surface area contributed by atoms with Crippen LogP contribution in [0.15, 0.2) is 6.20 Å². The summed E-state index contributed by atoms with van der Waals surface area (Å²) in [7, 11) is 0. The van der Waals surface area contributed by atoms with Gasteiger partial charge in [0.25, 0.3) is 0 Å². The number of rotatable bonds is 1. The lowest BCUT2D eigenvalue weighted by molar-refractivity contribution is 0.0976. The van der Waals surface area contributed by atoms with Crippen molar-refractivity contribution in [3.8, 4) is 10.0 Å². The molecule has 2 aromatic rings. The van der Waals surface area contributed by atoms with Crippen LogP contribution in [0.3, 0.4) is 0 Å². The van der Waals surface area contributed by atoms with Gasteiger partial charge in [-0.3, -0.25) is 4.79 Å². The summed E-state index contributed by atoms with van der Waals surface area (Å²) >= 11 is 8.67. The highest BCUT2D eigenvalue weighted by molar-refractivity contribution is 7.24. The molecule has 0 saturated carbocycles. The van der Waals surface area contributed by atoms with Gasteiger partial charge in [-0.15, -0.1) is 11.3 Å². The molecule has 2 heterocycles. The van der Waals surface area contributed by atoms with Crippen LogP contribution in [0.4, 0.5) is 0 Å². The number of nitrogens with zero attached hydrogens (tertiary/aromatic N) is 2. The lowest BCUT2D eigenvalue weighted by Crippen LogP contribution is -2.07. The topological polar surface area (TPSA) is 42.9 Å². The highest BCUT2D eigenvalue weighted by atomic mass is 35.5. The molecule has 0 amide bonds. The smallest absolute Gasteiger partial charge is 0.174 e. The molecule has 0 radical (unpaired) electrons. The molecular weight excluding hydrogens is 264 g/mol. The molecule has 0 unspecified atom stereocenters. The van der Waals surface area contributed by atoms with E-state index in [0.29, 0.717) is 10.8 Å². The van der Waals surface area contributed by atoms with Crippen molar-refractivity contribution in [2.24, 2.45) is 0 Å². The molecule has 1 aliphatic rings. The van der Waals surface area contributed by atoms with Crippen LogP contribution < -0.4 is 0 Å². The Morgan fingerprint density at radius 3 is 2.81 bits per heavy atom. The zero-order valence-corrected chi connectivity index (χ0v) is 10.6. The number of fused-ring (bicyclic) bond motifs is 1. The van der Waals surface area contributed by atoms with E-state index in [9.17, 15) is 4.79 Å². The van der Waals surface area contributed by atoms with Crippen LogP contribution in [0.1, 0.15) is 28.2 Å². The van der Waals surface area contributed by atoms with Crippen molar-refractivity contribution in [1.82, 2.24) is 9.97 Å². The number of carbonyl (C=O) groups is 1. The second kappa shape index (κ2) is 3.91. The minimum absolute atomic E-state index is 0.215. The van der Waals surface area contributed by atoms with Gasteiger partial charge in [0.05, 0.1) is 16.8 Å². The van der Waals surface area contributed by atoms with E-state index in [2.05, 4.69) is 9.97 Å². The highest BCUT2D eigenvalue weighted by Crippen LogP contribution is 2.35. The Balaban J connectivity index is 2.07. The van der Waals surface area contributed by atoms with Crippen molar-refractivity contribution in [1.29, 1.82) is 0 Å². The standard InChI is InChI=1S/C10H7ClN2OS2/c11-7-4-12-9(15-7)10-13-5-2-1-3-6(14)8(5)16-10/h4H,1-3H2. The fourth-order valence-electron chi connectivity index (χ4n) is 1.71. The van der Waals surface area contributed by atoms with Crippen molar-refractivity contribution >= 4 is 40.1 Å². The molecule has 0 bridgehead atoms. The highest BCUT2D eigenvalue weighted by Gasteiger charge is 2.23. The molecule has 1 aliphatic carbocycles. The first kappa shape index (κ1) is 10.4. The van der Waals surface area contributed by atoms with Crippen molar-refractivity contribution < 1.29 is 4.79 Å². The number of ketones is 1. The summed E-state index contributed by atoms with van der Waals surface area (Å²) in [6.45, 7) is 0. The molecule has 0 spiro atoms. The van der Waals surface area contributed by atoms with Gasteiger partial charge >= 0.3 is 0 Å². The number of aromatic nitrogens is 2. The average molecular weight is 271 g/mol. The van der Waals surface area contributed by atoms with Gasteiger partial charge in [-0.2, -0.15) is 0 Å². The number of hydrogen-bond acceptors (Lipinski definition) is 5. The van der Waals surface area contributed by atoms with Gasteiger partial charge in [0, 0.05) is 6.42 Å². The van der Waals surface area contributed by atoms with Crippen molar-refractivity contribution in [2.75, 3.05) is 0 Å². The van der Waals surface area contributed by atoms with E-state index in [4.69, 9.17) is 11.6 Å². The Hall–Kier alpha value is -0.780. The van der Waals surface area contributed by atoms with Gasteiger partial charge in [0.15, 0.2) is 15.8 Å². The summed E-state index contributed by atoms with van der Waals surface area (Å²) in [6, 6.07) is 0. The van der Waals surface area contributed by atoms with Gasteiger partial charge in [-0.05, 0) is 12.8 Å². The number of halogens is 1. The zero-order valence-electron chi connectivity index (χ0n) is 8.20. The summed E-state index contributed by atoms with van der Waals surface area (Å²) in [6.07, 6.45) is 4.07. The minimum atomic E-state index is 0.215. The molecule has 0 saturated heterocycles. The first-order valence-electron chi connectivity index (χ1n) is 4.88. The van der Waals surface area contributed by atoms with E-state index in [1.165, 1.54) is 22.7 Å². The van der Waals surface area contributed by atoms with Crippen LogP contribution in [-0.4, -0.2) is 15.8 Å². The quantitative estimate of drug-likeness (QED) is 0.797. The van der Waals surface area contributed by atoms with Crippen LogP contribution in [0, 0.1) is 0 Å². The normalized spacial score (nSPS) is 15.2. The number of aryl methyl sites for hydroxylation is 1. The average Bonchev–Trinajstić information content (AvgIpc) is 2.84. The monoisotopic (exact) mass is 270 g/mol. The first-order chi connectivity index (χ1) is 7.74. The summed E-state index contributed by atoms with van der Waals surface area (Å²) in [4.78, 5) is 21.1. The maximum absolute atomic E-state index is 11.7. The molecular formula is C10H7ClN2OS2. The molecule has 0 N–H and O–H groups in total. The van der Waals surface area contributed by atoms with Crippen LogP contribution in [0.5, 0.6) is 0 Å². The molecule has 3 rings (SSSR count). The predicted molar refractivity (Wildman–Crippen MR) is 65.5 cm³/mol. The third-order valence-electron chi connectivity index (χ3n) is 2.43. The lowest BCUT2D eigenvalue weighted by atomic mass is 10.0. The SMILES string of the molecule is O=C1CCCc2nc(-c3ncc(Cl)s3)sc21. The Bertz CT molecular complexity index is 561. The van der Waals surface area contributed by atoms with E-state index in [1.807, 2.05) is 0 Å². The van der Waals surface area contributed by atoms with Gasteiger partial charge < -0.3 is 0 Å². The fourth-order valence-corrected chi connectivity index (χ4v) is 3.73. The molecule has 0 aromatic carbocycles. The van der Waals surface area contributed by atoms with Gasteiger partial charge in [-0.1, -0.05) is 22.9 Å². The fraction of sp³-hybridized carbons (Fsp3) is 0.300. The van der Waals surface area contributed by atoms with Gasteiger partial charge in [0.1, 0.15) is 4.34 Å². The molecule has 16 heavy (non-hydrogen) atoms. The molecule has 0 aliphatic heterocycles. The number of thiazole rings is 2. The minimum Gasteiger partial charge on any atom is -0.293 e. The van der Waals surface area contributed by atoms with Crippen LogP contribution >= 0.6 is 34.3 Å². The second-order valence-corrected chi connectivity index (χ2v) is 6.20. The summed E-state index contributed by atoms with van der Waals surface area (Å²) < 4.78 is 0.648. The number of Topliss-reactive ketones (excluding diaryl/α,β-unsaturated/α-hetero) is 1. The Morgan fingerprint density at radius 2 is 2.12 bits per heavy atom. The van der Waals surface area contributed by atoms with E-state index < -0.39 is 0 Å². The first-order valence-corrected chi connectivity index (χ1v) is 6.90. The van der Waals surface area contributed by atoms with Crippen LogP contribution in [-0.2, 0) is 6.42 Å². The van der Waals surface area contributed by atoms with E-state index in [0.717, 1.165) is 33.4 Å². The lowest BCUT2D eigenvalue weighted by Gasteiger charge is -2.06. The maximum Gasteiger partial charge on any atom is 0.174 e. The molecule has 3 nitrogen and oxygen atoms in total. The Kier molecular flexibility index (Phi) is 2.53. The molecule has 6 heteroatoms. The molecule has 0 atom stereocenters. The Labute approximate surface area is 105 Å². The van der Waals surface area contributed by atoms with Gasteiger partial charge in [-0.25, -0.2) is 9.97 Å². The van der Waals surface area contributed by atoms with Gasteiger partial charge in [0.2, 0.25) is 0 Å². The molecule has 2 aromatic heterocycles. The van der Waals surface area contributed by atoms with Crippen molar-refractivity contribution in [2.45, 2.75) is 19.3 Å². The third-order valence-corrected chi connectivity index (χ3v) is 4.82. The summed E-state index contributed by atoms with van der Waals surface area (Å²) in [5.74, 6) is 0.215. The van der Waals surface area contributed by atoms with Crippen LogP contribution in [0.2, 0.25) is 4.34 Å². The van der Waals surface area contributed by atoms with Crippen molar-refractivity contribution in [3.63, 3.8) is 0 Å². The van der Waals surface area contributed by atoms with E-state index in [1.54, 1.807) is 6.20 Å². The third kappa shape index (κ3) is 1.69. The zero-order chi connectivity index (χ0) is 11.1. The van der Waals surface area contributed by atoms with Crippen molar-refractivity contribution in [3.05, 3.63) is 21.1 Å². The second-order valence-electron chi connectivity index (χ2n) is 3.54. The number of carbonyl (C=O) groups excluding carboxylic acids is 1. The largest absolute Gasteiger partial charge is 0.293 e. The Morgan fingerprint density at radius 1 is 1.25 bits per heavy atom. The van der Waals surface area contributed by atoms with E-state index in [-0.39, 0.29) is 5.78 Å². The van der Waals surface area contributed by atoms with E-state index >= 15 is 0 Å². The summed E-state index contributed by atoms with van der Waals surface area (Å²) in [5, 5.41) is 1.62. The maximum atomic E-state index is 11.7. The predicted octanol–water partition coefficient (Wildman–Crippen LogP) is 3.44. The molecule has 82 valence electrons.